The second kappa shape index (κ2) is 9.25. The van der Waals surface area contributed by atoms with E-state index in [1.54, 1.807) is 24.3 Å². The van der Waals surface area contributed by atoms with Gasteiger partial charge in [-0.2, -0.15) is 10.1 Å². The van der Waals surface area contributed by atoms with E-state index in [9.17, 15) is 9.18 Å². The highest BCUT2D eigenvalue weighted by Gasteiger charge is 2.15. The van der Waals surface area contributed by atoms with Crippen molar-refractivity contribution in [1.82, 2.24) is 19.9 Å². The molecule has 0 atom stereocenters. The number of benzene rings is 2. The zero-order chi connectivity index (χ0) is 22.7. The highest BCUT2D eigenvalue weighted by atomic mass is 35.5. The predicted molar refractivity (Wildman–Crippen MR) is 121 cm³/mol. The Kier molecular flexibility index (Phi) is 6.24. The molecule has 0 bridgehead atoms. The Labute approximate surface area is 190 Å². The van der Waals surface area contributed by atoms with Gasteiger partial charge in [-0.15, -0.1) is 0 Å². The Morgan fingerprint density at radius 2 is 1.91 bits per heavy atom. The molecule has 2 aromatic carbocycles. The first-order valence-corrected chi connectivity index (χ1v) is 10.4. The fraction of sp³-hybridized carbons (Fsp3) is 0.0476. The lowest BCUT2D eigenvalue weighted by atomic mass is 10.2. The van der Waals surface area contributed by atoms with Crippen LogP contribution in [-0.2, 0) is 6.54 Å². The third kappa shape index (κ3) is 4.98. The van der Waals surface area contributed by atoms with Crippen molar-refractivity contribution >= 4 is 33.5 Å². The lowest BCUT2D eigenvalue weighted by Crippen LogP contribution is -2.25. The maximum absolute atomic E-state index is 13.0. The predicted octanol–water partition coefficient (Wildman–Crippen LogP) is 4.49. The molecule has 0 aliphatic heterocycles. The molecule has 2 aromatic heterocycles. The van der Waals surface area contributed by atoms with Crippen LogP contribution in [0.15, 0.2) is 70.0 Å². The van der Waals surface area contributed by atoms with Gasteiger partial charge in [-0.1, -0.05) is 40.7 Å². The van der Waals surface area contributed by atoms with Gasteiger partial charge >= 0.3 is 0 Å². The summed E-state index contributed by atoms with van der Waals surface area (Å²) >= 11 is 6.84. The Bertz CT molecular complexity index is 1370. The summed E-state index contributed by atoms with van der Waals surface area (Å²) < 4.78 is 19.4. The molecule has 0 unspecified atom stereocenters. The van der Waals surface area contributed by atoms with E-state index in [0.717, 1.165) is 16.4 Å². The van der Waals surface area contributed by atoms with Crippen LogP contribution in [0, 0.1) is 16.6 Å². The van der Waals surface area contributed by atoms with Crippen LogP contribution >= 0.6 is 23.4 Å². The van der Waals surface area contributed by atoms with E-state index < -0.39 is 11.4 Å². The van der Waals surface area contributed by atoms with Crippen molar-refractivity contribution in [2.24, 2.45) is 0 Å². The zero-order valence-electron chi connectivity index (χ0n) is 16.3. The maximum atomic E-state index is 13.0. The van der Waals surface area contributed by atoms with Crippen LogP contribution in [0.25, 0.3) is 23.0 Å². The lowest BCUT2D eigenvalue weighted by Gasteiger charge is -2.07. The van der Waals surface area contributed by atoms with Crippen LogP contribution in [0.1, 0.15) is 5.56 Å². The minimum Gasteiger partial charge on any atom is -0.332 e. The minimum absolute atomic E-state index is 0.0104. The molecule has 0 fully saturated rings. The molecule has 4 aromatic rings. The van der Waals surface area contributed by atoms with Crippen LogP contribution in [0.5, 0.6) is 0 Å². The minimum atomic E-state index is -0.429. The highest BCUT2D eigenvalue weighted by Crippen LogP contribution is 2.23. The fourth-order valence-corrected chi connectivity index (χ4v) is 3.58. The van der Waals surface area contributed by atoms with Crippen molar-refractivity contribution in [3.63, 3.8) is 0 Å². The molecule has 4 rings (SSSR count). The Morgan fingerprint density at radius 1 is 1.12 bits per heavy atom. The molecule has 0 spiro atoms. The van der Waals surface area contributed by atoms with Crippen LogP contribution in [0.3, 0.4) is 0 Å². The summed E-state index contributed by atoms with van der Waals surface area (Å²) in [6.07, 6.45) is 0. The summed E-state index contributed by atoms with van der Waals surface area (Å²) in [4.78, 5) is 16.5. The topological polar surface area (TPSA) is 122 Å². The van der Waals surface area contributed by atoms with Gasteiger partial charge in [-0.05, 0) is 42.5 Å². The molecule has 2 N–H and O–H groups in total. The summed E-state index contributed by atoms with van der Waals surface area (Å²) in [5.41, 5.74) is 0.965. The molecule has 0 aliphatic carbocycles. The first-order valence-electron chi connectivity index (χ1n) is 9.17. The Balaban J connectivity index is 1.50. The summed E-state index contributed by atoms with van der Waals surface area (Å²) in [5, 5.41) is 24.9. The molecule has 160 valence electrons. The SMILES string of the molecule is N=C(Cn1nc(-c2nc(-c3cccc(Cl)c3)no2)ccc1=O)SC(=N)c1ccc(F)cc1. The van der Waals surface area contributed by atoms with Crippen LogP contribution < -0.4 is 5.56 Å². The van der Waals surface area contributed by atoms with Gasteiger partial charge in [-0.25, -0.2) is 9.07 Å². The van der Waals surface area contributed by atoms with Crippen molar-refractivity contribution in [2.75, 3.05) is 0 Å². The number of aromatic nitrogens is 4. The molecule has 11 heteroatoms. The van der Waals surface area contributed by atoms with Crippen molar-refractivity contribution in [3.05, 3.63) is 87.4 Å². The van der Waals surface area contributed by atoms with Crippen LogP contribution in [0.4, 0.5) is 4.39 Å². The summed E-state index contributed by atoms with van der Waals surface area (Å²) in [7, 11) is 0. The molecule has 0 saturated carbocycles. The van der Waals surface area contributed by atoms with Gasteiger partial charge in [0.15, 0.2) is 0 Å². The number of thioether (sulfide) groups is 1. The second-order valence-electron chi connectivity index (χ2n) is 6.51. The van der Waals surface area contributed by atoms with Crippen molar-refractivity contribution in [2.45, 2.75) is 6.54 Å². The number of hydrogen-bond donors (Lipinski definition) is 2. The maximum Gasteiger partial charge on any atom is 0.278 e. The molecular formula is C21H14ClFN6O2S. The number of halogens is 2. The second-order valence-corrected chi connectivity index (χ2v) is 8.05. The molecule has 0 aliphatic rings. The average Bonchev–Trinajstić information content (AvgIpc) is 3.26. The van der Waals surface area contributed by atoms with Crippen LogP contribution in [-0.4, -0.2) is 30.0 Å². The largest absolute Gasteiger partial charge is 0.332 e. The van der Waals surface area contributed by atoms with Gasteiger partial charge in [0.1, 0.15) is 16.6 Å². The van der Waals surface area contributed by atoms with E-state index in [0.29, 0.717) is 22.0 Å². The standard InChI is InChI=1S/C21H14ClFN6O2S/c22-14-3-1-2-13(10-14)20-26-21(31-28-20)16-8-9-18(30)29(27-16)11-17(24)32-19(25)12-4-6-15(23)7-5-12/h1-10,24-25H,11H2. The van der Waals surface area contributed by atoms with Gasteiger partial charge in [0, 0.05) is 22.2 Å². The summed E-state index contributed by atoms with van der Waals surface area (Å²) in [5.74, 6) is 0.0128. The highest BCUT2D eigenvalue weighted by molar-refractivity contribution is 8.26. The van der Waals surface area contributed by atoms with E-state index in [1.165, 1.54) is 36.4 Å². The lowest BCUT2D eigenvalue weighted by molar-refractivity contribution is 0.429. The molecule has 8 nitrogen and oxygen atoms in total. The normalized spacial score (nSPS) is 10.8. The van der Waals surface area contributed by atoms with E-state index in [2.05, 4.69) is 15.2 Å². The average molecular weight is 469 g/mol. The van der Waals surface area contributed by atoms with Gasteiger partial charge < -0.3 is 4.52 Å². The molecule has 32 heavy (non-hydrogen) atoms. The third-order valence-corrected chi connectivity index (χ3v) is 5.27. The van der Waals surface area contributed by atoms with Crippen molar-refractivity contribution in [1.29, 1.82) is 10.8 Å². The smallest absolute Gasteiger partial charge is 0.278 e. The molecule has 0 saturated heterocycles. The van der Waals surface area contributed by atoms with E-state index in [4.69, 9.17) is 26.9 Å². The summed E-state index contributed by atoms with van der Waals surface area (Å²) in [6, 6.07) is 15.1. The number of nitrogens with one attached hydrogen (secondary N) is 2. The Morgan fingerprint density at radius 3 is 2.66 bits per heavy atom. The molecular weight excluding hydrogens is 455 g/mol. The molecule has 2 heterocycles. The van der Waals surface area contributed by atoms with Gasteiger partial charge in [0.25, 0.3) is 11.4 Å². The number of nitrogens with zero attached hydrogens (tertiary/aromatic N) is 4. The van der Waals surface area contributed by atoms with Gasteiger partial charge in [-0.3, -0.25) is 15.6 Å². The zero-order valence-corrected chi connectivity index (χ0v) is 17.8. The van der Waals surface area contributed by atoms with E-state index in [1.807, 2.05) is 0 Å². The van der Waals surface area contributed by atoms with Crippen molar-refractivity contribution < 1.29 is 8.91 Å². The molecule has 0 radical (unpaired) electrons. The Hall–Kier alpha value is -3.63. The first-order chi connectivity index (χ1) is 15.4. The van der Waals surface area contributed by atoms with Gasteiger partial charge in [0.05, 0.1) is 11.6 Å². The quantitative estimate of drug-likeness (QED) is 0.329. The first kappa shape index (κ1) is 21.6. The van der Waals surface area contributed by atoms with Crippen LogP contribution in [0.2, 0.25) is 5.02 Å². The monoisotopic (exact) mass is 468 g/mol. The summed E-state index contributed by atoms with van der Waals surface area (Å²) in [6.45, 7) is -0.157. The van der Waals surface area contributed by atoms with Crippen molar-refractivity contribution in [3.8, 4) is 23.0 Å². The number of rotatable bonds is 5. The molecule has 0 amide bonds. The third-order valence-electron chi connectivity index (χ3n) is 4.22. The van der Waals surface area contributed by atoms with E-state index in [-0.39, 0.29) is 28.2 Å². The fourth-order valence-electron chi connectivity index (χ4n) is 2.70. The van der Waals surface area contributed by atoms with Gasteiger partial charge in [0.2, 0.25) is 5.82 Å². The number of hydrogen-bond acceptors (Lipinski definition) is 8. The van der Waals surface area contributed by atoms with E-state index >= 15 is 0 Å².